The van der Waals surface area contributed by atoms with Crippen LogP contribution < -0.4 is 5.32 Å². The van der Waals surface area contributed by atoms with Crippen LogP contribution in [0, 0.1) is 13.8 Å². The maximum absolute atomic E-state index is 12.9. The number of carbonyl (C=O) groups is 1. The first kappa shape index (κ1) is 22.4. The number of nitrogens with one attached hydrogen (secondary N) is 1. The lowest BCUT2D eigenvalue weighted by molar-refractivity contribution is 0.102. The topological polar surface area (TPSA) is 75.9 Å². The molecular weight excluding hydrogens is 420 g/mol. The fraction of sp³-hybridized carbons (Fsp3) is 0.417. The number of nitrogens with zero attached hydrogens (tertiary/aromatic N) is 5. The molecule has 0 aliphatic carbocycles. The van der Waals surface area contributed by atoms with Gasteiger partial charge in [0.1, 0.15) is 5.69 Å². The van der Waals surface area contributed by atoms with Crippen molar-refractivity contribution in [1.29, 1.82) is 0 Å². The molecule has 1 aliphatic heterocycles. The van der Waals surface area contributed by atoms with Crippen molar-refractivity contribution in [2.45, 2.75) is 45.4 Å². The number of amides is 1. The number of likely N-dealkylation sites (tertiary alicyclic amines) is 1. The average molecular weight is 451 g/mol. The van der Waals surface area contributed by atoms with E-state index in [9.17, 15) is 4.79 Å². The number of hydrogen-bond acceptors (Lipinski definition) is 6. The quantitative estimate of drug-likeness (QED) is 0.396. The summed E-state index contributed by atoms with van der Waals surface area (Å²) in [5, 5.41) is 10.4. The number of carbonyl (C=O) groups excluding carboxylic acids is 1. The number of pyridine rings is 1. The molecule has 0 atom stereocenters. The Balaban J connectivity index is 1.40. The molecule has 1 fully saturated rings. The number of anilines is 1. The highest BCUT2D eigenvalue weighted by Gasteiger charge is 2.24. The second-order valence-corrected chi connectivity index (χ2v) is 9.18. The highest BCUT2D eigenvalue weighted by Crippen LogP contribution is 2.31. The van der Waals surface area contributed by atoms with Crippen LogP contribution in [0.5, 0.6) is 0 Å². The number of aromatic nitrogens is 4. The van der Waals surface area contributed by atoms with E-state index in [1.165, 1.54) is 6.42 Å². The Kier molecular flexibility index (Phi) is 7.12. The Bertz CT molecular complexity index is 1080. The van der Waals surface area contributed by atoms with Gasteiger partial charge >= 0.3 is 0 Å². The van der Waals surface area contributed by atoms with E-state index in [1.54, 1.807) is 28.3 Å². The molecule has 7 nitrogen and oxygen atoms in total. The van der Waals surface area contributed by atoms with E-state index in [2.05, 4.69) is 31.9 Å². The number of aryl methyl sites for hydroxylation is 2. The summed E-state index contributed by atoms with van der Waals surface area (Å²) >= 11 is 1.59. The minimum atomic E-state index is -0.217. The van der Waals surface area contributed by atoms with E-state index < -0.39 is 0 Å². The highest BCUT2D eigenvalue weighted by atomic mass is 32.1. The molecule has 3 aromatic heterocycles. The SMILES string of the molecule is C=CCCCN1CCC(c2nc(C(=O)Nc3cccnc3-n3nc(C)cc3C)cs2)CC1. The van der Waals surface area contributed by atoms with Gasteiger partial charge in [0.25, 0.3) is 5.91 Å². The number of thiazole rings is 1. The van der Waals surface area contributed by atoms with Crippen LogP contribution in [0.15, 0.2) is 42.4 Å². The van der Waals surface area contributed by atoms with Crippen LogP contribution in [0.4, 0.5) is 5.69 Å². The van der Waals surface area contributed by atoms with Crippen LogP contribution in [0.1, 0.15) is 58.5 Å². The van der Waals surface area contributed by atoms with Crippen LogP contribution in [-0.4, -0.2) is 50.2 Å². The molecule has 0 radical (unpaired) electrons. The molecule has 0 bridgehead atoms. The van der Waals surface area contributed by atoms with Crippen molar-refractivity contribution >= 4 is 22.9 Å². The van der Waals surface area contributed by atoms with Crippen molar-refractivity contribution in [3.8, 4) is 5.82 Å². The largest absolute Gasteiger partial charge is 0.317 e. The van der Waals surface area contributed by atoms with E-state index in [1.807, 2.05) is 37.4 Å². The monoisotopic (exact) mass is 450 g/mol. The predicted octanol–water partition coefficient (Wildman–Crippen LogP) is 4.74. The second-order valence-electron chi connectivity index (χ2n) is 8.29. The molecule has 0 saturated carbocycles. The molecule has 0 aromatic carbocycles. The molecule has 1 N–H and O–H groups in total. The molecule has 4 heterocycles. The van der Waals surface area contributed by atoms with E-state index in [-0.39, 0.29) is 5.91 Å². The third kappa shape index (κ3) is 5.14. The maximum Gasteiger partial charge on any atom is 0.275 e. The first-order valence-electron chi connectivity index (χ1n) is 11.1. The van der Waals surface area contributed by atoms with Gasteiger partial charge in [0, 0.05) is 23.2 Å². The zero-order valence-electron chi connectivity index (χ0n) is 18.8. The first-order valence-corrected chi connectivity index (χ1v) is 12.0. The predicted molar refractivity (Wildman–Crippen MR) is 129 cm³/mol. The van der Waals surface area contributed by atoms with Crippen molar-refractivity contribution in [1.82, 2.24) is 24.6 Å². The molecule has 1 saturated heterocycles. The summed E-state index contributed by atoms with van der Waals surface area (Å²) in [6.45, 7) is 11.0. The summed E-state index contributed by atoms with van der Waals surface area (Å²) in [5.74, 6) is 0.816. The Morgan fingerprint density at radius 2 is 2.16 bits per heavy atom. The van der Waals surface area contributed by atoms with Crippen molar-refractivity contribution in [2.75, 3.05) is 25.0 Å². The molecule has 3 aromatic rings. The molecule has 32 heavy (non-hydrogen) atoms. The molecule has 0 spiro atoms. The average Bonchev–Trinajstić information content (AvgIpc) is 3.41. The van der Waals surface area contributed by atoms with Crippen molar-refractivity contribution < 1.29 is 4.79 Å². The third-order valence-electron chi connectivity index (χ3n) is 5.82. The molecule has 1 amide bonds. The van der Waals surface area contributed by atoms with Gasteiger partial charge < -0.3 is 10.2 Å². The minimum absolute atomic E-state index is 0.217. The van der Waals surface area contributed by atoms with Gasteiger partial charge in [0.05, 0.1) is 16.4 Å². The molecule has 4 rings (SSSR count). The Morgan fingerprint density at radius 3 is 2.88 bits per heavy atom. The first-order chi connectivity index (χ1) is 15.5. The molecule has 1 aliphatic rings. The van der Waals surface area contributed by atoms with Crippen molar-refractivity contribution in [3.05, 3.63) is 64.5 Å². The molecule has 0 unspecified atom stereocenters. The summed E-state index contributed by atoms with van der Waals surface area (Å²) in [4.78, 5) is 24.6. The van der Waals surface area contributed by atoms with E-state index >= 15 is 0 Å². The lowest BCUT2D eigenvalue weighted by Gasteiger charge is -2.30. The lowest BCUT2D eigenvalue weighted by atomic mass is 9.97. The number of hydrogen-bond donors (Lipinski definition) is 1. The summed E-state index contributed by atoms with van der Waals surface area (Å²) < 4.78 is 1.75. The highest BCUT2D eigenvalue weighted by molar-refractivity contribution is 7.10. The molecule has 168 valence electrons. The van der Waals surface area contributed by atoms with Crippen LogP contribution >= 0.6 is 11.3 Å². The van der Waals surface area contributed by atoms with E-state index in [0.717, 1.165) is 55.3 Å². The van der Waals surface area contributed by atoms with Gasteiger partial charge in [-0.2, -0.15) is 5.10 Å². The zero-order chi connectivity index (χ0) is 22.5. The Morgan fingerprint density at radius 1 is 1.34 bits per heavy atom. The molecule has 8 heteroatoms. The van der Waals surface area contributed by atoms with Gasteiger partial charge in [0.15, 0.2) is 5.82 Å². The van der Waals surface area contributed by atoms with Crippen LogP contribution in [0.3, 0.4) is 0 Å². The number of allylic oxidation sites excluding steroid dienone is 1. The van der Waals surface area contributed by atoms with Gasteiger partial charge in [-0.05, 0) is 77.4 Å². The van der Waals surface area contributed by atoms with Crippen LogP contribution in [0.25, 0.3) is 5.82 Å². The van der Waals surface area contributed by atoms with Crippen molar-refractivity contribution in [2.24, 2.45) is 0 Å². The smallest absolute Gasteiger partial charge is 0.275 e. The fourth-order valence-electron chi connectivity index (χ4n) is 4.14. The van der Waals surface area contributed by atoms with E-state index in [4.69, 9.17) is 0 Å². The summed E-state index contributed by atoms with van der Waals surface area (Å²) in [6.07, 6.45) is 8.11. The fourth-order valence-corrected chi connectivity index (χ4v) is 5.11. The van der Waals surface area contributed by atoms with Crippen LogP contribution in [-0.2, 0) is 0 Å². The van der Waals surface area contributed by atoms with E-state index in [0.29, 0.717) is 23.1 Å². The maximum atomic E-state index is 12.9. The molecular formula is C24H30N6OS. The standard InChI is InChI=1S/C24H30N6OS/c1-4-5-6-12-29-13-9-19(10-14-29)24-27-21(16-32-24)23(31)26-20-8-7-11-25-22(20)30-18(3)15-17(2)28-30/h4,7-8,11,15-16,19H,1,5-6,9-10,12-14H2,2-3H3,(H,26,31). The minimum Gasteiger partial charge on any atom is -0.317 e. The summed E-state index contributed by atoms with van der Waals surface area (Å²) in [5.41, 5.74) is 2.94. The number of piperidine rings is 1. The van der Waals surface area contributed by atoms with Crippen molar-refractivity contribution in [3.63, 3.8) is 0 Å². The summed E-state index contributed by atoms with van der Waals surface area (Å²) in [6, 6.07) is 5.63. The number of unbranched alkanes of at least 4 members (excludes halogenated alkanes) is 1. The second kappa shape index (κ2) is 10.2. The lowest BCUT2D eigenvalue weighted by Crippen LogP contribution is -2.33. The van der Waals surface area contributed by atoms with Gasteiger partial charge in [-0.1, -0.05) is 6.08 Å². The Hall–Kier alpha value is -2.84. The number of rotatable bonds is 8. The van der Waals surface area contributed by atoms with Gasteiger partial charge in [-0.15, -0.1) is 17.9 Å². The Labute approximate surface area is 193 Å². The zero-order valence-corrected chi connectivity index (χ0v) is 19.6. The normalized spacial score (nSPS) is 15.1. The van der Waals surface area contributed by atoms with Gasteiger partial charge in [-0.25, -0.2) is 14.6 Å². The van der Waals surface area contributed by atoms with Crippen LogP contribution in [0.2, 0.25) is 0 Å². The van der Waals surface area contributed by atoms with Gasteiger partial charge in [-0.3, -0.25) is 4.79 Å². The summed E-state index contributed by atoms with van der Waals surface area (Å²) in [7, 11) is 0. The third-order valence-corrected chi connectivity index (χ3v) is 6.83. The van der Waals surface area contributed by atoms with Gasteiger partial charge in [0.2, 0.25) is 0 Å².